The number of nitrogens with zero attached hydrogens (tertiary/aromatic N) is 2. The Morgan fingerprint density at radius 3 is 2.58 bits per heavy atom. The fraction of sp³-hybridized carbons (Fsp3) is 0.467. The van der Waals surface area contributed by atoms with E-state index < -0.39 is 0 Å². The van der Waals surface area contributed by atoms with Crippen LogP contribution in [-0.2, 0) is 12.8 Å². The first-order valence-corrected chi connectivity index (χ1v) is 6.79. The van der Waals surface area contributed by atoms with Gasteiger partial charge in [0.05, 0.1) is 0 Å². The summed E-state index contributed by atoms with van der Waals surface area (Å²) in [7, 11) is 0. The fourth-order valence-electron chi connectivity index (χ4n) is 1.98. The van der Waals surface area contributed by atoms with Crippen LogP contribution in [0.25, 0.3) is 0 Å². The van der Waals surface area contributed by atoms with E-state index in [9.17, 15) is 0 Å². The topological polar surface area (TPSA) is 61.8 Å². The van der Waals surface area contributed by atoms with E-state index in [4.69, 9.17) is 5.11 Å². The van der Waals surface area contributed by atoms with E-state index in [1.807, 2.05) is 0 Å². The number of aryl methyl sites for hydroxylation is 1. The molecule has 0 saturated heterocycles. The molecule has 2 aromatic rings. The lowest BCUT2D eigenvalue weighted by molar-refractivity contribution is 0.287. The van der Waals surface area contributed by atoms with Crippen molar-refractivity contribution in [1.82, 2.24) is 15.2 Å². The SMILES string of the molecule is CC(C)c1ccc(Cc2nc(CCCO)n[nH]2)cc1. The minimum absolute atomic E-state index is 0.181. The minimum atomic E-state index is 0.181. The van der Waals surface area contributed by atoms with Crippen molar-refractivity contribution < 1.29 is 5.11 Å². The number of nitrogens with one attached hydrogen (secondary N) is 1. The summed E-state index contributed by atoms with van der Waals surface area (Å²) in [6.45, 7) is 4.57. The van der Waals surface area contributed by atoms with Crippen LogP contribution in [0.1, 0.15) is 49.0 Å². The highest BCUT2D eigenvalue weighted by atomic mass is 16.2. The Balaban J connectivity index is 1.98. The van der Waals surface area contributed by atoms with Crippen LogP contribution in [0.5, 0.6) is 0 Å². The van der Waals surface area contributed by atoms with Gasteiger partial charge in [-0.3, -0.25) is 5.10 Å². The lowest BCUT2D eigenvalue weighted by Crippen LogP contribution is -1.94. The second-order valence-electron chi connectivity index (χ2n) is 5.10. The number of aliphatic hydroxyl groups is 1. The molecule has 1 aromatic heterocycles. The zero-order valence-corrected chi connectivity index (χ0v) is 11.6. The molecule has 0 unspecified atom stereocenters. The molecule has 0 aliphatic heterocycles. The molecular weight excluding hydrogens is 238 g/mol. The van der Waals surface area contributed by atoms with Crippen LogP contribution in [0.4, 0.5) is 0 Å². The summed E-state index contributed by atoms with van der Waals surface area (Å²) in [4.78, 5) is 4.42. The van der Waals surface area contributed by atoms with Gasteiger partial charge in [-0.25, -0.2) is 4.98 Å². The van der Waals surface area contributed by atoms with Gasteiger partial charge in [0.15, 0.2) is 5.82 Å². The molecule has 0 amide bonds. The Morgan fingerprint density at radius 1 is 1.21 bits per heavy atom. The Bertz CT molecular complexity index is 502. The molecule has 2 N–H and O–H groups in total. The first-order chi connectivity index (χ1) is 9.19. The van der Waals surface area contributed by atoms with Gasteiger partial charge in [0, 0.05) is 19.4 Å². The molecule has 0 aliphatic rings. The maximum atomic E-state index is 8.77. The van der Waals surface area contributed by atoms with Crippen LogP contribution in [0.3, 0.4) is 0 Å². The van der Waals surface area contributed by atoms with Gasteiger partial charge in [0.2, 0.25) is 0 Å². The van der Waals surface area contributed by atoms with Gasteiger partial charge in [0.25, 0.3) is 0 Å². The number of aromatic amines is 1. The van der Waals surface area contributed by atoms with Gasteiger partial charge < -0.3 is 5.11 Å². The van der Waals surface area contributed by atoms with Crippen LogP contribution in [-0.4, -0.2) is 26.9 Å². The van der Waals surface area contributed by atoms with Crippen molar-refractivity contribution in [1.29, 1.82) is 0 Å². The number of aromatic nitrogens is 3. The number of hydrogen-bond donors (Lipinski definition) is 2. The molecule has 1 aromatic carbocycles. The zero-order chi connectivity index (χ0) is 13.7. The molecule has 4 heteroatoms. The molecule has 0 atom stereocenters. The van der Waals surface area contributed by atoms with Crippen LogP contribution >= 0.6 is 0 Å². The predicted octanol–water partition coefficient (Wildman–Crippen LogP) is 2.44. The third kappa shape index (κ3) is 3.89. The van der Waals surface area contributed by atoms with Crippen molar-refractivity contribution in [2.75, 3.05) is 6.61 Å². The van der Waals surface area contributed by atoms with Crippen molar-refractivity contribution in [3.05, 3.63) is 47.0 Å². The van der Waals surface area contributed by atoms with Gasteiger partial charge in [-0.05, 0) is 23.5 Å². The second kappa shape index (κ2) is 6.48. The van der Waals surface area contributed by atoms with E-state index in [1.54, 1.807) is 0 Å². The average molecular weight is 259 g/mol. The molecule has 19 heavy (non-hydrogen) atoms. The van der Waals surface area contributed by atoms with Crippen molar-refractivity contribution >= 4 is 0 Å². The predicted molar refractivity (Wildman–Crippen MR) is 75.1 cm³/mol. The summed E-state index contributed by atoms with van der Waals surface area (Å²) in [5.74, 6) is 2.22. The molecule has 1 heterocycles. The number of benzene rings is 1. The molecule has 0 aliphatic carbocycles. The van der Waals surface area contributed by atoms with Crippen molar-refractivity contribution in [2.24, 2.45) is 0 Å². The highest BCUT2D eigenvalue weighted by molar-refractivity contribution is 5.26. The highest BCUT2D eigenvalue weighted by Gasteiger charge is 2.05. The van der Waals surface area contributed by atoms with Gasteiger partial charge in [-0.1, -0.05) is 38.1 Å². The second-order valence-corrected chi connectivity index (χ2v) is 5.10. The van der Waals surface area contributed by atoms with E-state index in [1.165, 1.54) is 11.1 Å². The summed E-state index contributed by atoms with van der Waals surface area (Å²) in [6, 6.07) is 8.63. The zero-order valence-electron chi connectivity index (χ0n) is 11.6. The third-order valence-electron chi connectivity index (χ3n) is 3.15. The van der Waals surface area contributed by atoms with Crippen molar-refractivity contribution in [3.8, 4) is 0 Å². The van der Waals surface area contributed by atoms with Crippen molar-refractivity contribution in [2.45, 2.75) is 39.0 Å². The summed E-state index contributed by atoms with van der Waals surface area (Å²) in [5.41, 5.74) is 2.58. The number of aliphatic hydroxyl groups excluding tert-OH is 1. The Hall–Kier alpha value is -1.68. The maximum Gasteiger partial charge on any atom is 0.150 e. The van der Waals surface area contributed by atoms with E-state index in [0.29, 0.717) is 12.3 Å². The quantitative estimate of drug-likeness (QED) is 0.837. The van der Waals surface area contributed by atoms with Gasteiger partial charge in [-0.2, -0.15) is 5.10 Å². The monoisotopic (exact) mass is 259 g/mol. The minimum Gasteiger partial charge on any atom is -0.396 e. The molecule has 2 rings (SSSR count). The smallest absolute Gasteiger partial charge is 0.150 e. The lowest BCUT2D eigenvalue weighted by Gasteiger charge is -2.05. The molecule has 0 bridgehead atoms. The summed E-state index contributed by atoms with van der Waals surface area (Å²) in [6.07, 6.45) is 2.20. The first-order valence-electron chi connectivity index (χ1n) is 6.79. The maximum absolute atomic E-state index is 8.77. The van der Waals surface area contributed by atoms with Gasteiger partial charge in [0.1, 0.15) is 5.82 Å². The Labute approximate surface area is 113 Å². The number of rotatable bonds is 6. The molecule has 0 fully saturated rings. The van der Waals surface area contributed by atoms with E-state index in [-0.39, 0.29) is 6.61 Å². The Kier molecular flexibility index (Phi) is 4.68. The largest absolute Gasteiger partial charge is 0.396 e. The van der Waals surface area contributed by atoms with E-state index in [0.717, 1.165) is 24.5 Å². The summed E-state index contributed by atoms with van der Waals surface area (Å²) >= 11 is 0. The van der Waals surface area contributed by atoms with Gasteiger partial charge >= 0.3 is 0 Å². The fourth-order valence-corrected chi connectivity index (χ4v) is 1.98. The molecule has 0 saturated carbocycles. The standard InChI is InChI=1S/C15H21N3O/c1-11(2)13-7-5-12(6-8-13)10-15-16-14(17-18-15)4-3-9-19/h5-8,11,19H,3-4,9-10H2,1-2H3,(H,16,17,18). The molecule has 4 nitrogen and oxygen atoms in total. The number of H-pyrrole nitrogens is 1. The molecule has 0 spiro atoms. The van der Waals surface area contributed by atoms with Crippen LogP contribution in [0.15, 0.2) is 24.3 Å². The third-order valence-corrected chi connectivity index (χ3v) is 3.15. The van der Waals surface area contributed by atoms with Crippen LogP contribution in [0, 0.1) is 0 Å². The molecule has 0 radical (unpaired) electrons. The van der Waals surface area contributed by atoms with Crippen molar-refractivity contribution in [3.63, 3.8) is 0 Å². The number of hydrogen-bond acceptors (Lipinski definition) is 3. The molecule has 102 valence electrons. The Morgan fingerprint density at radius 2 is 1.95 bits per heavy atom. The first kappa shape index (κ1) is 13.7. The van der Waals surface area contributed by atoms with Crippen LogP contribution < -0.4 is 0 Å². The molecular formula is C15H21N3O. The summed E-state index contributed by atoms with van der Waals surface area (Å²) in [5, 5.41) is 15.9. The van der Waals surface area contributed by atoms with E-state index >= 15 is 0 Å². The van der Waals surface area contributed by atoms with Crippen LogP contribution in [0.2, 0.25) is 0 Å². The van der Waals surface area contributed by atoms with E-state index in [2.05, 4.69) is 53.3 Å². The van der Waals surface area contributed by atoms with Gasteiger partial charge in [-0.15, -0.1) is 0 Å². The summed E-state index contributed by atoms with van der Waals surface area (Å²) < 4.78 is 0. The normalized spacial score (nSPS) is 11.2. The lowest BCUT2D eigenvalue weighted by atomic mass is 10.0. The average Bonchev–Trinajstić information content (AvgIpc) is 2.84. The highest BCUT2D eigenvalue weighted by Crippen LogP contribution is 2.15.